The monoisotopic (exact) mass is 496 g/mol. The second kappa shape index (κ2) is 9.97. The fourth-order valence-corrected chi connectivity index (χ4v) is 5.02. The third-order valence-electron chi connectivity index (χ3n) is 6.88. The largest absolute Gasteiger partial charge is 0.486 e. The lowest BCUT2D eigenvalue weighted by atomic mass is 9.90. The molecule has 0 spiro atoms. The van der Waals surface area contributed by atoms with Crippen molar-refractivity contribution in [1.29, 1.82) is 0 Å². The predicted octanol–water partition coefficient (Wildman–Crippen LogP) is 7.44. The van der Waals surface area contributed by atoms with Gasteiger partial charge in [-0.1, -0.05) is 36.4 Å². The fraction of sp³-hybridized carbons (Fsp3) is 0.310. The van der Waals surface area contributed by atoms with Crippen molar-refractivity contribution in [3.63, 3.8) is 0 Å². The number of anilines is 2. The van der Waals surface area contributed by atoms with E-state index in [1.807, 2.05) is 0 Å². The molecule has 1 aliphatic carbocycles. The van der Waals surface area contributed by atoms with E-state index < -0.39 is 17.6 Å². The smallest absolute Gasteiger partial charge is 0.416 e. The molecule has 7 heteroatoms. The van der Waals surface area contributed by atoms with Gasteiger partial charge in [0.05, 0.1) is 12.1 Å². The number of alkyl halides is 3. The third kappa shape index (κ3) is 4.98. The van der Waals surface area contributed by atoms with Crippen molar-refractivity contribution in [2.75, 3.05) is 18.0 Å². The second-order valence-electron chi connectivity index (χ2n) is 9.31. The van der Waals surface area contributed by atoms with Crippen LogP contribution in [0.1, 0.15) is 48.1 Å². The van der Waals surface area contributed by atoms with Crippen LogP contribution in [0.15, 0.2) is 66.7 Å². The quantitative estimate of drug-likeness (QED) is 0.359. The van der Waals surface area contributed by atoms with Gasteiger partial charge >= 0.3 is 6.18 Å². The van der Waals surface area contributed by atoms with Crippen LogP contribution in [0, 0.1) is 5.82 Å². The summed E-state index contributed by atoms with van der Waals surface area (Å²) in [4.78, 5) is 1.71. The topological polar surface area (TPSA) is 24.5 Å². The summed E-state index contributed by atoms with van der Waals surface area (Å²) >= 11 is 0. The lowest BCUT2D eigenvalue weighted by molar-refractivity contribution is -0.137. The van der Waals surface area contributed by atoms with E-state index in [0.717, 1.165) is 25.0 Å². The van der Waals surface area contributed by atoms with Gasteiger partial charge < -0.3 is 15.0 Å². The molecule has 2 atom stereocenters. The number of ether oxygens (including phenoxy) is 1. The van der Waals surface area contributed by atoms with Crippen LogP contribution in [0.2, 0.25) is 0 Å². The van der Waals surface area contributed by atoms with Crippen molar-refractivity contribution in [3.05, 3.63) is 94.8 Å². The number of hydrogen-bond acceptors (Lipinski definition) is 3. The van der Waals surface area contributed by atoms with Crippen LogP contribution in [0.4, 0.5) is 28.9 Å². The first-order chi connectivity index (χ1) is 17.3. The number of allylic oxidation sites excluding steroid dienone is 1. The molecule has 0 aromatic heterocycles. The van der Waals surface area contributed by atoms with E-state index in [0.29, 0.717) is 30.9 Å². The van der Waals surface area contributed by atoms with Crippen molar-refractivity contribution in [1.82, 2.24) is 5.32 Å². The Morgan fingerprint density at radius 2 is 1.83 bits per heavy atom. The van der Waals surface area contributed by atoms with Gasteiger partial charge in [0.25, 0.3) is 0 Å². The van der Waals surface area contributed by atoms with Crippen LogP contribution < -0.4 is 15.0 Å². The molecule has 0 saturated heterocycles. The molecule has 0 radical (unpaired) electrons. The van der Waals surface area contributed by atoms with Gasteiger partial charge in [0.2, 0.25) is 0 Å². The van der Waals surface area contributed by atoms with E-state index in [9.17, 15) is 17.6 Å². The molecule has 188 valence electrons. The van der Waals surface area contributed by atoms with E-state index in [4.69, 9.17) is 4.74 Å². The van der Waals surface area contributed by atoms with Gasteiger partial charge in [-0.3, -0.25) is 0 Å². The van der Waals surface area contributed by atoms with Crippen LogP contribution in [-0.2, 0) is 12.6 Å². The summed E-state index contributed by atoms with van der Waals surface area (Å²) < 4.78 is 60.0. The summed E-state index contributed by atoms with van der Waals surface area (Å²) in [6.45, 7) is 3.14. The van der Waals surface area contributed by atoms with Crippen LogP contribution >= 0.6 is 0 Å². The average molecular weight is 497 g/mol. The molecule has 0 saturated carbocycles. The van der Waals surface area contributed by atoms with Crippen molar-refractivity contribution < 1.29 is 22.3 Å². The number of halogens is 4. The molecule has 2 aliphatic rings. The number of nitrogens with one attached hydrogen (secondary N) is 1. The fourth-order valence-electron chi connectivity index (χ4n) is 5.02. The minimum atomic E-state index is -4.43. The highest BCUT2D eigenvalue weighted by Gasteiger charge is 2.32. The predicted molar refractivity (Wildman–Crippen MR) is 134 cm³/mol. The van der Waals surface area contributed by atoms with Crippen molar-refractivity contribution in [2.24, 2.45) is 0 Å². The van der Waals surface area contributed by atoms with Crippen LogP contribution in [0.3, 0.4) is 0 Å². The Morgan fingerprint density at radius 1 is 1.06 bits per heavy atom. The zero-order valence-corrected chi connectivity index (χ0v) is 20.0. The minimum Gasteiger partial charge on any atom is -0.486 e. The number of para-hydroxylation sites is 1. The van der Waals surface area contributed by atoms with E-state index in [-0.39, 0.29) is 17.8 Å². The van der Waals surface area contributed by atoms with Crippen molar-refractivity contribution in [3.8, 4) is 5.75 Å². The normalized spacial score (nSPS) is 17.8. The molecule has 2 unspecified atom stereocenters. The molecule has 0 bridgehead atoms. The number of benzene rings is 3. The standard InChI is InChI=1S/C29H28F4N2O/c1-19(24-9-4-7-20-6-2-3-8-25(20)24)34-17-16-23-18-35(28-26(30)10-5-11-27(28)36-23)22-14-12-21(13-15-22)29(31,32)33/h3-5,7-15,19,23,34H,2,6,16-18H2,1H3. The molecule has 36 heavy (non-hydrogen) atoms. The number of hydrogen-bond donors (Lipinski definition) is 1. The highest BCUT2D eigenvalue weighted by Crippen LogP contribution is 2.41. The summed E-state index contributed by atoms with van der Waals surface area (Å²) in [5, 5.41) is 3.58. The molecule has 1 aliphatic heterocycles. The number of rotatable bonds is 6. The molecule has 3 aromatic rings. The average Bonchev–Trinajstić information content (AvgIpc) is 2.87. The first-order valence-electron chi connectivity index (χ1n) is 12.2. The van der Waals surface area contributed by atoms with Gasteiger partial charge in [0.15, 0.2) is 5.82 Å². The molecule has 1 N–H and O–H groups in total. The Labute approximate surface area is 208 Å². The van der Waals surface area contributed by atoms with Gasteiger partial charge in [-0.15, -0.1) is 0 Å². The Balaban J connectivity index is 1.30. The third-order valence-corrected chi connectivity index (χ3v) is 6.88. The van der Waals surface area contributed by atoms with Crippen molar-refractivity contribution >= 4 is 17.5 Å². The molecule has 5 rings (SSSR count). The molecule has 1 heterocycles. The van der Waals surface area contributed by atoms with Gasteiger partial charge in [0, 0.05) is 11.7 Å². The van der Waals surface area contributed by atoms with E-state index in [2.05, 4.69) is 42.6 Å². The number of nitrogens with zero attached hydrogens (tertiary/aromatic N) is 1. The molecule has 3 nitrogen and oxygen atoms in total. The summed E-state index contributed by atoms with van der Waals surface area (Å²) in [5.74, 6) is -0.0824. The maximum atomic E-state index is 14.8. The van der Waals surface area contributed by atoms with Gasteiger partial charge in [-0.25, -0.2) is 4.39 Å². The van der Waals surface area contributed by atoms with Crippen LogP contribution in [0.25, 0.3) is 6.08 Å². The lowest BCUT2D eigenvalue weighted by Crippen LogP contribution is -2.39. The van der Waals surface area contributed by atoms with E-state index in [1.54, 1.807) is 17.0 Å². The zero-order valence-electron chi connectivity index (χ0n) is 20.0. The SMILES string of the molecule is CC(NCCC1CN(c2ccc(C(F)(F)F)cc2)c2c(F)cccc2O1)c1cccc2c1C=CCC2. The summed E-state index contributed by atoms with van der Waals surface area (Å²) in [5.41, 5.74) is 3.91. The second-order valence-corrected chi connectivity index (χ2v) is 9.31. The Hall–Kier alpha value is -3.32. The highest BCUT2D eigenvalue weighted by molar-refractivity contribution is 5.71. The molecule has 0 fully saturated rings. The molecule has 0 amide bonds. The van der Waals surface area contributed by atoms with Gasteiger partial charge in [-0.05, 0) is 85.8 Å². The lowest BCUT2D eigenvalue weighted by Gasteiger charge is -2.37. The van der Waals surface area contributed by atoms with Crippen LogP contribution in [0.5, 0.6) is 5.75 Å². The molecule has 3 aromatic carbocycles. The Kier molecular flexibility index (Phi) is 6.75. The summed E-state index contributed by atoms with van der Waals surface area (Å²) in [6.07, 6.45) is 2.50. The Morgan fingerprint density at radius 3 is 2.61 bits per heavy atom. The van der Waals surface area contributed by atoms with Crippen molar-refractivity contribution in [2.45, 2.75) is 44.5 Å². The first kappa shape index (κ1) is 24.4. The summed E-state index contributed by atoms with van der Waals surface area (Å²) in [7, 11) is 0. The maximum absolute atomic E-state index is 14.8. The minimum absolute atomic E-state index is 0.141. The molecular formula is C29H28F4N2O. The zero-order chi connectivity index (χ0) is 25.3. The Bertz CT molecular complexity index is 1250. The number of fused-ring (bicyclic) bond motifs is 2. The molecular weight excluding hydrogens is 468 g/mol. The van der Waals surface area contributed by atoms with E-state index in [1.165, 1.54) is 34.9 Å². The maximum Gasteiger partial charge on any atom is 0.416 e. The summed E-state index contributed by atoms with van der Waals surface area (Å²) in [6, 6.07) is 16.0. The number of aryl methyl sites for hydroxylation is 1. The van der Waals surface area contributed by atoms with Gasteiger partial charge in [0.1, 0.15) is 17.5 Å². The van der Waals surface area contributed by atoms with Crippen LogP contribution in [-0.4, -0.2) is 19.2 Å². The highest BCUT2D eigenvalue weighted by atomic mass is 19.4. The van der Waals surface area contributed by atoms with Gasteiger partial charge in [-0.2, -0.15) is 13.2 Å². The van der Waals surface area contributed by atoms with E-state index >= 15 is 0 Å². The first-order valence-corrected chi connectivity index (χ1v) is 12.2.